The number of nitrogens with zero attached hydrogens (tertiary/aromatic N) is 2. The Morgan fingerprint density at radius 2 is 2.12 bits per heavy atom. The molecule has 2 rings (SSSR count). The second kappa shape index (κ2) is 3.66. The quantitative estimate of drug-likeness (QED) is 0.793. The number of carbonyl (C=O) groups is 1. The Morgan fingerprint density at radius 3 is 2.56 bits per heavy atom. The molecule has 86 valence electrons. The van der Waals surface area contributed by atoms with Crippen molar-refractivity contribution in [1.29, 1.82) is 0 Å². The van der Waals surface area contributed by atoms with Crippen molar-refractivity contribution in [3.8, 4) is 0 Å². The number of amides is 1. The van der Waals surface area contributed by atoms with Crippen molar-refractivity contribution in [3.05, 3.63) is 23.9 Å². The number of halogens is 3. The largest absolute Gasteiger partial charge is 0.417 e. The highest BCUT2D eigenvalue weighted by Crippen LogP contribution is 2.29. The number of hydrogen-bond acceptors (Lipinski definition) is 3. The maximum atomic E-state index is 12.2. The van der Waals surface area contributed by atoms with Gasteiger partial charge in [-0.3, -0.25) is 15.2 Å². The van der Waals surface area contributed by atoms with E-state index in [0.29, 0.717) is 18.8 Å². The van der Waals surface area contributed by atoms with E-state index in [4.69, 9.17) is 0 Å². The second-order valence-electron chi connectivity index (χ2n) is 3.34. The molecule has 1 aliphatic rings. The highest BCUT2D eigenvalue weighted by atomic mass is 19.4. The summed E-state index contributed by atoms with van der Waals surface area (Å²) in [6.45, 7) is 0.414. The molecule has 1 aromatic rings. The second-order valence-corrected chi connectivity index (χ2v) is 3.34. The van der Waals surface area contributed by atoms with Crippen LogP contribution >= 0.6 is 0 Å². The minimum Gasteiger partial charge on any atom is -0.273 e. The lowest BCUT2D eigenvalue weighted by Gasteiger charge is -2.16. The lowest BCUT2D eigenvalue weighted by atomic mass is 10.3. The Morgan fingerprint density at radius 1 is 1.38 bits per heavy atom. The van der Waals surface area contributed by atoms with Crippen LogP contribution in [0, 0.1) is 0 Å². The van der Waals surface area contributed by atoms with E-state index < -0.39 is 11.7 Å². The molecule has 7 heteroatoms. The lowest BCUT2D eigenvalue weighted by molar-refractivity contribution is -0.137. The van der Waals surface area contributed by atoms with Crippen LogP contribution in [-0.2, 0) is 11.0 Å². The summed E-state index contributed by atoms with van der Waals surface area (Å²) in [7, 11) is 0. The molecule has 1 aliphatic heterocycles. The highest BCUT2D eigenvalue weighted by molar-refractivity contribution is 5.81. The van der Waals surface area contributed by atoms with Crippen molar-refractivity contribution in [2.75, 3.05) is 11.6 Å². The summed E-state index contributed by atoms with van der Waals surface area (Å²) in [6.07, 6.45) is -3.32. The fraction of sp³-hybridized carbons (Fsp3) is 0.333. The van der Waals surface area contributed by atoms with E-state index in [-0.39, 0.29) is 5.91 Å². The smallest absolute Gasteiger partial charge is 0.273 e. The molecule has 0 aromatic carbocycles. The molecule has 1 saturated heterocycles. The summed E-state index contributed by atoms with van der Waals surface area (Å²) in [5.41, 5.74) is 1.68. The molecule has 0 unspecified atom stereocenters. The van der Waals surface area contributed by atoms with E-state index in [2.05, 4.69) is 10.4 Å². The number of alkyl halides is 3. The first-order chi connectivity index (χ1) is 7.47. The van der Waals surface area contributed by atoms with Crippen LogP contribution in [0.25, 0.3) is 0 Å². The van der Waals surface area contributed by atoms with Crippen LogP contribution in [0.5, 0.6) is 0 Å². The normalized spacial score (nSPS) is 16.4. The van der Waals surface area contributed by atoms with Gasteiger partial charge in [-0.1, -0.05) is 0 Å². The molecule has 0 atom stereocenters. The predicted molar refractivity (Wildman–Crippen MR) is 49.3 cm³/mol. The lowest BCUT2D eigenvalue weighted by Crippen LogP contribution is -2.33. The van der Waals surface area contributed by atoms with Gasteiger partial charge >= 0.3 is 6.18 Å². The molecule has 1 amide bonds. The summed E-state index contributed by atoms with van der Waals surface area (Å²) >= 11 is 0. The van der Waals surface area contributed by atoms with Crippen LogP contribution in [0.2, 0.25) is 0 Å². The van der Waals surface area contributed by atoms with E-state index in [9.17, 15) is 18.0 Å². The predicted octanol–water partition coefficient (Wildman–Crippen LogP) is 1.34. The van der Waals surface area contributed by atoms with Gasteiger partial charge in [0.15, 0.2) is 0 Å². The number of carbonyl (C=O) groups excluding carboxylic acids is 1. The fourth-order valence-electron chi connectivity index (χ4n) is 1.36. The monoisotopic (exact) mass is 231 g/mol. The number of rotatable bonds is 1. The van der Waals surface area contributed by atoms with Gasteiger partial charge in [0, 0.05) is 19.2 Å². The molecule has 16 heavy (non-hydrogen) atoms. The average molecular weight is 231 g/mol. The molecule has 0 saturated carbocycles. The van der Waals surface area contributed by atoms with Crippen LogP contribution in [0.4, 0.5) is 19.0 Å². The van der Waals surface area contributed by atoms with Crippen molar-refractivity contribution in [3.63, 3.8) is 0 Å². The Hall–Kier alpha value is -1.79. The Bertz CT molecular complexity index is 401. The third-order valence-corrected chi connectivity index (χ3v) is 2.17. The van der Waals surface area contributed by atoms with E-state index >= 15 is 0 Å². The van der Waals surface area contributed by atoms with Gasteiger partial charge in [0.25, 0.3) is 0 Å². The standard InChI is InChI=1S/C9H8F3N3O/c10-9(11,12)6-1-2-7(13-5-6)15-4-3-8(16)14-15/h1-2,5H,3-4H2,(H,14,16). The maximum Gasteiger partial charge on any atom is 0.417 e. The van der Waals surface area contributed by atoms with Crippen LogP contribution in [0.15, 0.2) is 18.3 Å². The molecule has 0 aliphatic carbocycles. The number of nitrogens with one attached hydrogen (secondary N) is 1. The van der Waals surface area contributed by atoms with Crippen LogP contribution in [-0.4, -0.2) is 17.4 Å². The van der Waals surface area contributed by atoms with Gasteiger partial charge in [0.1, 0.15) is 5.82 Å². The molecule has 1 fully saturated rings. The first-order valence-corrected chi connectivity index (χ1v) is 4.57. The number of hydrazine groups is 1. The minimum absolute atomic E-state index is 0.165. The van der Waals surface area contributed by atoms with Gasteiger partial charge in [-0.2, -0.15) is 13.2 Å². The van der Waals surface area contributed by atoms with Crippen LogP contribution < -0.4 is 10.4 Å². The van der Waals surface area contributed by atoms with Crippen molar-refractivity contribution < 1.29 is 18.0 Å². The van der Waals surface area contributed by atoms with Gasteiger partial charge < -0.3 is 0 Å². The summed E-state index contributed by atoms with van der Waals surface area (Å²) in [5.74, 6) is 0.139. The number of anilines is 1. The molecular weight excluding hydrogens is 223 g/mol. The molecule has 0 bridgehead atoms. The number of pyridine rings is 1. The summed E-state index contributed by atoms with van der Waals surface area (Å²) < 4.78 is 36.7. The first-order valence-electron chi connectivity index (χ1n) is 4.57. The van der Waals surface area contributed by atoms with Crippen LogP contribution in [0.3, 0.4) is 0 Å². The molecule has 2 heterocycles. The molecule has 0 spiro atoms. The Labute approximate surface area is 89.0 Å². The summed E-state index contributed by atoms with van der Waals surface area (Å²) in [5, 5.41) is 1.42. The zero-order valence-corrected chi connectivity index (χ0v) is 8.08. The first kappa shape index (κ1) is 10.7. The maximum absolute atomic E-state index is 12.2. The van der Waals surface area contributed by atoms with E-state index in [1.165, 1.54) is 11.1 Å². The average Bonchev–Trinajstić information content (AvgIpc) is 2.64. The highest BCUT2D eigenvalue weighted by Gasteiger charge is 2.31. The van der Waals surface area contributed by atoms with E-state index in [1.807, 2.05) is 0 Å². The fourth-order valence-corrected chi connectivity index (χ4v) is 1.36. The zero-order valence-electron chi connectivity index (χ0n) is 8.08. The van der Waals surface area contributed by atoms with Crippen molar-refractivity contribution >= 4 is 11.7 Å². The Kier molecular flexibility index (Phi) is 2.45. The van der Waals surface area contributed by atoms with Crippen LogP contribution in [0.1, 0.15) is 12.0 Å². The molecule has 0 radical (unpaired) electrons. The third kappa shape index (κ3) is 2.07. The number of aromatic nitrogens is 1. The Balaban J connectivity index is 2.17. The van der Waals surface area contributed by atoms with Gasteiger partial charge in [-0.15, -0.1) is 0 Å². The van der Waals surface area contributed by atoms with Gasteiger partial charge in [0.2, 0.25) is 5.91 Å². The molecule has 4 nitrogen and oxygen atoms in total. The van der Waals surface area contributed by atoms with E-state index in [1.54, 1.807) is 0 Å². The molecule has 1 N–H and O–H groups in total. The van der Waals surface area contributed by atoms with Crippen molar-refractivity contribution in [2.24, 2.45) is 0 Å². The van der Waals surface area contributed by atoms with Gasteiger partial charge in [-0.25, -0.2) is 4.98 Å². The van der Waals surface area contributed by atoms with Crippen molar-refractivity contribution in [2.45, 2.75) is 12.6 Å². The summed E-state index contributed by atoms with van der Waals surface area (Å²) in [6, 6.07) is 2.17. The minimum atomic E-state index is -4.39. The van der Waals surface area contributed by atoms with Gasteiger partial charge in [0.05, 0.1) is 5.56 Å². The zero-order chi connectivity index (χ0) is 11.8. The SMILES string of the molecule is O=C1CCN(c2ccc(C(F)(F)F)cn2)N1. The van der Waals surface area contributed by atoms with Gasteiger partial charge in [-0.05, 0) is 12.1 Å². The van der Waals surface area contributed by atoms with Crippen molar-refractivity contribution in [1.82, 2.24) is 10.4 Å². The topological polar surface area (TPSA) is 45.2 Å². The summed E-state index contributed by atoms with van der Waals surface area (Å²) in [4.78, 5) is 14.5. The van der Waals surface area contributed by atoms with E-state index in [0.717, 1.165) is 12.3 Å². The molecule has 1 aromatic heterocycles. The third-order valence-electron chi connectivity index (χ3n) is 2.17. The number of hydrogen-bond donors (Lipinski definition) is 1. The molecular formula is C9H8F3N3O.